The lowest BCUT2D eigenvalue weighted by atomic mass is 10.0. The van der Waals surface area contributed by atoms with Crippen LogP contribution in [-0.4, -0.2) is 34.8 Å². The Morgan fingerprint density at radius 3 is 2.59 bits per heavy atom. The maximum atomic E-state index is 12.2. The minimum Gasteiger partial charge on any atom is -0.343 e. The molecule has 1 heterocycles. The molecule has 0 aromatic rings. The molecule has 0 spiro atoms. The van der Waals surface area contributed by atoms with E-state index in [1.54, 1.807) is 11.8 Å². The third-order valence-electron chi connectivity index (χ3n) is 3.29. The molecule has 3 atom stereocenters. The second kappa shape index (κ2) is 5.72. The Labute approximate surface area is 103 Å². The van der Waals surface area contributed by atoms with Gasteiger partial charge in [-0.05, 0) is 19.8 Å². The zero-order valence-electron chi connectivity index (χ0n) is 10.7. The van der Waals surface area contributed by atoms with Crippen LogP contribution in [0, 0.1) is 12.3 Å². The molecule has 0 bridgehead atoms. The highest BCUT2D eigenvalue weighted by Gasteiger charge is 2.39. The summed E-state index contributed by atoms with van der Waals surface area (Å²) in [5.41, 5.74) is 0. The number of nitrogens with zero attached hydrogens (tertiary/aromatic N) is 1. The van der Waals surface area contributed by atoms with Gasteiger partial charge < -0.3 is 10.2 Å². The molecule has 1 N–H and O–H groups in total. The maximum Gasteiger partial charge on any atom is 0.246 e. The van der Waals surface area contributed by atoms with Crippen molar-refractivity contribution in [3.63, 3.8) is 0 Å². The normalized spacial score (nSPS) is 26.4. The number of rotatable bonds is 4. The Kier molecular flexibility index (Phi) is 4.56. The van der Waals surface area contributed by atoms with Gasteiger partial charge in [-0.3, -0.25) is 9.59 Å². The molecule has 0 aromatic heterocycles. The fourth-order valence-electron chi connectivity index (χ4n) is 2.20. The van der Waals surface area contributed by atoms with Gasteiger partial charge in [0.15, 0.2) is 0 Å². The SMILES string of the molecule is C#CCC(CC)N1C(=O)C(CC)NC(=O)C1C. The number of amides is 2. The lowest BCUT2D eigenvalue weighted by molar-refractivity contribution is -0.151. The molecule has 4 heteroatoms. The van der Waals surface area contributed by atoms with Crippen molar-refractivity contribution in [2.45, 2.75) is 58.2 Å². The summed E-state index contributed by atoms with van der Waals surface area (Å²) in [6.07, 6.45) is 7.19. The summed E-state index contributed by atoms with van der Waals surface area (Å²) in [5.74, 6) is 2.48. The first-order valence-electron chi connectivity index (χ1n) is 6.12. The van der Waals surface area contributed by atoms with Crippen molar-refractivity contribution in [3.05, 3.63) is 0 Å². The summed E-state index contributed by atoms with van der Waals surface area (Å²) in [5, 5.41) is 2.73. The number of hydrogen-bond acceptors (Lipinski definition) is 2. The molecule has 1 fully saturated rings. The molecule has 2 amide bonds. The van der Waals surface area contributed by atoms with Crippen molar-refractivity contribution in [1.29, 1.82) is 0 Å². The molecule has 94 valence electrons. The molecular weight excluding hydrogens is 216 g/mol. The molecule has 1 saturated heterocycles. The average Bonchev–Trinajstić information content (AvgIpc) is 2.32. The Morgan fingerprint density at radius 2 is 2.12 bits per heavy atom. The number of terminal acetylenes is 1. The van der Waals surface area contributed by atoms with Gasteiger partial charge in [-0.2, -0.15) is 0 Å². The first kappa shape index (κ1) is 13.6. The second-order valence-corrected chi connectivity index (χ2v) is 4.36. The van der Waals surface area contributed by atoms with Crippen LogP contribution >= 0.6 is 0 Å². The highest BCUT2D eigenvalue weighted by molar-refractivity contribution is 5.96. The van der Waals surface area contributed by atoms with E-state index in [0.29, 0.717) is 12.8 Å². The fourth-order valence-corrected chi connectivity index (χ4v) is 2.20. The fraction of sp³-hybridized carbons (Fsp3) is 0.692. The summed E-state index contributed by atoms with van der Waals surface area (Å²) >= 11 is 0. The van der Waals surface area contributed by atoms with Crippen LogP contribution in [0.25, 0.3) is 0 Å². The van der Waals surface area contributed by atoms with Gasteiger partial charge in [0.2, 0.25) is 11.8 Å². The minimum atomic E-state index is -0.427. The number of piperazine rings is 1. The second-order valence-electron chi connectivity index (χ2n) is 4.36. The van der Waals surface area contributed by atoms with Crippen LogP contribution in [0.1, 0.15) is 40.0 Å². The number of carbonyl (C=O) groups is 2. The highest BCUT2D eigenvalue weighted by atomic mass is 16.2. The third-order valence-corrected chi connectivity index (χ3v) is 3.29. The van der Waals surface area contributed by atoms with Gasteiger partial charge in [0.25, 0.3) is 0 Å². The summed E-state index contributed by atoms with van der Waals surface area (Å²) in [4.78, 5) is 25.7. The number of hydrogen-bond donors (Lipinski definition) is 1. The van der Waals surface area contributed by atoms with Crippen molar-refractivity contribution >= 4 is 11.8 Å². The van der Waals surface area contributed by atoms with Gasteiger partial charge in [0, 0.05) is 12.5 Å². The quantitative estimate of drug-likeness (QED) is 0.738. The zero-order valence-corrected chi connectivity index (χ0v) is 10.7. The Morgan fingerprint density at radius 1 is 1.47 bits per heavy atom. The van der Waals surface area contributed by atoms with E-state index in [0.717, 1.165) is 6.42 Å². The van der Waals surface area contributed by atoms with Gasteiger partial charge in [0.1, 0.15) is 12.1 Å². The van der Waals surface area contributed by atoms with E-state index in [9.17, 15) is 9.59 Å². The summed E-state index contributed by atoms with van der Waals surface area (Å²) in [7, 11) is 0. The molecule has 0 aromatic carbocycles. The third kappa shape index (κ3) is 2.60. The number of carbonyl (C=O) groups excluding carboxylic acids is 2. The number of nitrogens with one attached hydrogen (secondary N) is 1. The van der Waals surface area contributed by atoms with Crippen LogP contribution < -0.4 is 5.32 Å². The van der Waals surface area contributed by atoms with Crippen molar-refractivity contribution in [1.82, 2.24) is 10.2 Å². The molecule has 3 unspecified atom stereocenters. The Hall–Kier alpha value is -1.50. The molecule has 1 aliphatic heterocycles. The predicted molar refractivity (Wildman–Crippen MR) is 66.1 cm³/mol. The van der Waals surface area contributed by atoms with E-state index in [4.69, 9.17) is 6.42 Å². The minimum absolute atomic E-state index is 0.0123. The highest BCUT2D eigenvalue weighted by Crippen LogP contribution is 2.19. The molecule has 0 radical (unpaired) electrons. The van der Waals surface area contributed by atoms with E-state index >= 15 is 0 Å². The van der Waals surface area contributed by atoms with E-state index in [2.05, 4.69) is 11.2 Å². The first-order chi connectivity index (χ1) is 8.06. The molecule has 4 nitrogen and oxygen atoms in total. The van der Waals surface area contributed by atoms with Gasteiger partial charge in [-0.15, -0.1) is 12.3 Å². The van der Waals surface area contributed by atoms with Gasteiger partial charge in [0.05, 0.1) is 0 Å². The standard InChI is InChI=1S/C13H20N2O2/c1-5-8-10(6-2)15-9(4)12(16)14-11(7-3)13(15)17/h1,9-11H,6-8H2,2-4H3,(H,14,16). The van der Waals surface area contributed by atoms with E-state index in [1.165, 1.54) is 0 Å². The van der Waals surface area contributed by atoms with Crippen LogP contribution in [0.15, 0.2) is 0 Å². The van der Waals surface area contributed by atoms with E-state index < -0.39 is 12.1 Å². The van der Waals surface area contributed by atoms with Gasteiger partial charge in [-0.25, -0.2) is 0 Å². The summed E-state index contributed by atoms with van der Waals surface area (Å²) < 4.78 is 0. The lowest BCUT2D eigenvalue weighted by Crippen LogP contribution is -2.64. The summed E-state index contributed by atoms with van der Waals surface area (Å²) in [6.45, 7) is 5.62. The maximum absolute atomic E-state index is 12.2. The first-order valence-corrected chi connectivity index (χ1v) is 6.12. The van der Waals surface area contributed by atoms with Crippen molar-refractivity contribution in [2.24, 2.45) is 0 Å². The predicted octanol–water partition coefficient (Wildman–Crippen LogP) is 0.914. The van der Waals surface area contributed by atoms with Crippen LogP contribution in [-0.2, 0) is 9.59 Å². The molecule has 0 saturated carbocycles. The summed E-state index contributed by atoms with van der Waals surface area (Å²) in [6, 6.07) is -0.864. The van der Waals surface area contributed by atoms with Gasteiger partial charge in [-0.1, -0.05) is 13.8 Å². The van der Waals surface area contributed by atoms with E-state index in [-0.39, 0.29) is 17.9 Å². The Balaban J connectivity index is 2.95. The van der Waals surface area contributed by atoms with Crippen LogP contribution in [0.4, 0.5) is 0 Å². The molecule has 0 aliphatic carbocycles. The molecule has 1 aliphatic rings. The van der Waals surface area contributed by atoms with Crippen LogP contribution in [0.5, 0.6) is 0 Å². The van der Waals surface area contributed by atoms with Crippen LogP contribution in [0.2, 0.25) is 0 Å². The smallest absolute Gasteiger partial charge is 0.246 e. The van der Waals surface area contributed by atoms with Crippen molar-refractivity contribution in [3.8, 4) is 12.3 Å². The van der Waals surface area contributed by atoms with Gasteiger partial charge >= 0.3 is 0 Å². The Bertz CT molecular complexity index is 346. The topological polar surface area (TPSA) is 49.4 Å². The molecule has 17 heavy (non-hydrogen) atoms. The molecular formula is C13H20N2O2. The van der Waals surface area contributed by atoms with Crippen LogP contribution in [0.3, 0.4) is 0 Å². The monoisotopic (exact) mass is 236 g/mol. The van der Waals surface area contributed by atoms with Crippen molar-refractivity contribution in [2.75, 3.05) is 0 Å². The zero-order chi connectivity index (χ0) is 13.0. The average molecular weight is 236 g/mol. The van der Waals surface area contributed by atoms with Crippen molar-refractivity contribution < 1.29 is 9.59 Å². The molecule has 1 rings (SSSR count). The van der Waals surface area contributed by atoms with E-state index in [1.807, 2.05) is 13.8 Å². The lowest BCUT2D eigenvalue weighted by Gasteiger charge is -2.41. The largest absolute Gasteiger partial charge is 0.343 e.